The Morgan fingerprint density at radius 2 is 2.12 bits per heavy atom. The molecule has 1 saturated carbocycles. The predicted molar refractivity (Wildman–Crippen MR) is 102 cm³/mol. The number of nitrogens with one attached hydrogen (secondary N) is 1. The molecule has 1 aliphatic rings. The molecule has 7 heteroatoms. The van der Waals surface area contributed by atoms with E-state index in [1.165, 1.54) is 22.2 Å². The summed E-state index contributed by atoms with van der Waals surface area (Å²) in [5, 5.41) is 3.68. The Labute approximate surface area is 154 Å². The van der Waals surface area contributed by atoms with Crippen LogP contribution in [0.5, 0.6) is 0 Å². The van der Waals surface area contributed by atoms with Crippen molar-refractivity contribution in [1.29, 1.82) is 0 Å². The Morgan fingerprint density at radius 1 is 1.35 bits per heavy atom. The second-order valence-electron chi connectivity index (χ2n) is 6.89. The Balaban J connectivity index is 1.69. The molecule has 3 aromatic heterocycles. The molecular weight excluding hydrogens is 348 g/mol. The number of nitrogens with zero attached hydrogens (tertiary/aromatic N) is 3. The molecule has 1 aliphatic carbocycles. The lowest BCUT2D eigenvalue weighted by Crippen LogP contribution is -2.30. The van der Waals surface area contributed by atoms with Crippen molar-refractivity contribution < 1.29 is 4.79 Å². The average molecular weight is 368 g/mol. The number of aromatic nitrogens is 3. The molecule has 1 N–H and O–H groups in total. The summed E-state index contributed by atoms with van der Waals surface area (Å²) in [5.74, 6) is 0.265. The number of pyridine rings is 1. The maximum atomic E-state index is 13.0. The van der Waals surface area contributed by atoms with Crippen LogP contribution in [0.25, 0.3) is 10.2 Å². The largest absolute Gasteiger partial charge is 0.343 e. The van der Waals surface area contributed by atoms with Crippen LogP contribution in [0.1, 0.15) is 45.5 Å². The first-order valence-corrected chi connectivity index (χ1v) is 9.46. The van der Waals surface area contributed by atoms with Crippen LogP contribution < -0.4 is 10.9 Å². The van der Waals surface area contributed by atoms with E-state index in [9.17, 15) is 9.59 Å². The fourth-order valence-electron chi connectivity index (χ4n) is 3.23. The molecule has 1 amide bonds. The highest BCUT2D eigenvalue weighted by atomic mass is 32.1. The van der Waals surface area contributed by atoms with E-state index in [0.29, 0.717) is 26.6 Å². The van der Waals surface area contributed by atoms with Crippen LogP contribution in [0.15, 0.2) is 29.3 Å². The molecule has 26 heavy (non-hydrogen) atoms. The Bertz CT molecular complexity index is 1070. The quantitative estimate of drug-likeness (QED) is 0.768. The van der Waals surface area contributed by atoms with Gasteiger partial charge in [-0.15, -0.1) is 11.3 Å². The molecule has 0 bridgehead atoms. The van der Waals surface area contributed by atoms with E-state index in [2.05, 4.69) is 15.3 Å². The first-order valence-electron chi connectivity index (χ1n) is 8.65. The van der Waals surface area contributed by atoms with Crippen LogP contribution in [-0.2, 0) is 7.05 Å². The lowest BCUT2D eigenvalue weighted by atomic mass is 10.1. The van der Waals surface area contributed by atoms with Crippen LogP contribution in [0, 0.1) is 19.8 Å². The highest BCUT2D eigenvalue weighted by molar-refractivity contribution is 7.20. The number of thiophene rings is 1. The van der Waals surface area contributed by atoms with Gasteiger partial charge in [-0.05, 0) is 50.3 Å². The first kappa shape index (κ1) is 16.9. The van der Waals surface area contributed by atoms with Gasteiger partial charge in [-0.2, -0.15) is 0 Å². The molecule has 1 fully saturated rings. The maximum absolute atomic E-state index is 13.0. The van der Waals surface area contributed by atoms with Gasteiger partial charge in [-0.1, -0.05) is 6.07 Å². The molecule has 6 nitrogen and oxygen atoms in total. The zero-order valence-corrected chi connectivity index (χ0v) is 15.8. The van der Waals surface area contributed by atoms with Crippen LogP contribution >= 0.6 is 11.3 Å². The van der Waals surface area contributed by atoms with Crippen molar-refractivity contribution in [2.24, 2.45) is 13.0 Å². The molecule has 0 spiro atoms. The van der Waals surface area contributed by atoms with Crippen molar-refractivity contribution in [1.82, 2.24) is 19.9 Å². The lowest BCUT2D eigenvalue weighted by molar-refractivity contribution is 0.0934. The Hall–Kier alpha value is -2.54. The summed E-state index contributed by atoms with van der Waals surface area (Å²) in [6.07, 6.45) is 3.67. The van der Waals surface area contributed by atoms with E-state index >= 15 is 0 Å². The number of carbonyl (C=O) groups is 1. The smallest absolute Gasteiger partial charge is 0.262 e. The van der Waals surface area contributed by atoms with E-state index < -0.39 is 0 Å². The standard InChI is InChI=1S/C19H20N4O2S/c1-10-5-4-6-13(21-10)15(12-7-8-12)22-17(24)16-11(2)14-18(26-16)20-9-23(3)19(14)25/h4-6,9,12,15H,7-8H2,1-3H3,(H,22,24). The molecule has 3 aromatic rings. The third-order valence-electron chi connectivity index (χ3n) is 4.83. The van der Waals surface area contributed by atoms with Gasteiger partial charge < -0.3 is 9.88 Å². The molecule has 0 aliphatic heterocycles. The molecule has 3 heterocycles. The van der Waals surface area contributed by atoms with E-state index in [1.807, 2.05) is 32.0 Å². The summed E-state index contributed by atoms with van der Waals surface area (Å²) < 4.78 is 1.44. The Morgan fingerprint density at radius 3 is 2.81 bits per heavy atom. The monoisotopic (exact) mass is 368 g/mol. The summed E-state index contributed by atoms with van der Waals surface area (Å²) in [4.78, 5) is 35.4. The van der Waals surface area contributed by atoms with Crippen LogP contribution in [0.3, 0.4) is 0 Å². The van der Waals surface area contributed by atoms with Gasteiger partial charge in [0.2, 0.25) is 0 Å². The number of aryl methyl sites for hydroxylation is 3. The summed E-state index contributed by atoms with van der Waals surface area (Å²) in [6, 6.07) is 5.79. The maximum Gasteiger partial charge on any atom is 0.262 e. The highest BCUT2D eigenvalue weighted by Gasteiger charge is 2.35. The molecular formula is C19H20N4O2S. The number of hydrogen-bond donors (Lipinski definition) is 1. The van der Waals surface area contributed by atoms with Gasteiger partial charge in [-0.3, -0.25) is 14.6 Å². The predicted octanol–water partition coefficient (Wildman–Crippen LogP) is 2.89. The number of carbonyl (C=O) groups excluding carboxylic acids is 1. The fourth-order valence-corrected chi connectivity index (χ4v) is 4.27. The van der Waals surface area contributed by atoms with Crippen LogP contribution in [-0.4, -0.2) is 20.4 Å². The highest BCUT2D eigenvalue weighted by Crippen LogP contribution is 2.41. The number of fused-ring (bicyclic) bond motifs is 1. The van der Waals surface area contributed by atoms with Gasteiger partial charge in [0.1, 0.15) is 4.83 Å². The van der Waals surface area contributed by atoms with Gasteiger partial charge in [0.15, 0.2) is 0 Å². The average Bonchev–Trinajstić information content (AvgIpc) is 3.39. The minimum absolute atomic E-state index is 0.0946. The molecule has 0 aromatic carbocycles. The molecule has 4 rings (SSSR count). The number of hydrogen-bond acceptors (Lipinski definition) is 5. The Kier molecular flexibility index (Phi) is 4.11. The summed E-state index contributed by atoms with van der Waals surface area (Å²) in [6.45, 7) is 3.76. The number of rotatable bonds is 4. The number of amides is 1. The second kappa shape index (κ2) is 6.32. The van der Waals surface area contributed by atoms with Gasteiger partial charge in [0.05, 0.1) is 28.3 Å². The van der Waals surface area contributed by atoms with Crippen molar-refractivity contribution in [3.8, 4) is 0 Å². The van der Waals surface area contributed by atoms with Crippen LogP contribution in [0.4, 0.5) is 0 Å². The SMILES string of the molecule is Cc1cccc(C(NC(=O)c2sc3ncn(C)c(=O)c3c2C)C2CC2)n1. The fraction of sp³-hybridized carbons (Fsp3) is 0.368. The zero-order chi connectivity index (χ0) is 18.4. The normalized spacial score (nSPS) is 15.2. The van der Waals surface area contributed by atoms with Crippen LogP contribution in [0.2, 0.25) is 0 Å². The summed E-state index contributed by atoms with van der Waals surface area (Å²) in [5.41, 5.74) is 2.41. The van der Waals surface area contributed by atoms with E-state index in [0.717, 1.165) is 24.2 Å². The first-order chi connectivity index (χ1) is 12.5. The van der Waals surface area contributed by atoms with Gasteiger partial charge in [0.25, 0.3) is 11.5 Å². The van der Waals surface area contributed by atoms with Crippen molar-refractivity contribution in [3.63, 3.8) is 0 Å². The van der Waals surface area contributed by atoms with Gasteiger partial charge in [0, 0.05) is 12.7 Å². The van der Waals surface area contributed by atoms with Crippen molar-refractivity contribution >= 4 is 27.5 Å². The van der Waals surface area contributed by atoms with E-state index in [1.54, 1.807) is 7.05 Å². The van der Waals surface area contributed by atoms with Gasteiger partial charge >= 0.3 is 0 Å². The molecule has 0 radical (unpaired) electrons. The van der Waals surface area contributed by atoms with Crippen molar-refractivity contribution in [2.45, 2.75) is 32.7 Å². The molecule has 1 atom stereocenters. The topological polar surface area (TPSA) is 76.9 Å². The lowest BCUT2D eigenvalue weighted by Gasteiger charge is -2.18. The van der Waals surface area contributed by atoms with Crippen molar-refractivity contribution in [2.75, 3.05) is 0 Å². The van der Waals surface area contributed by atoms with E-state index in [-0.39, 0.29) is 17.5 Å². The third kappa shape index (κ3) is 2.92. The minimum atomic E-state index is -0.159. The third-order valence-corrected chi connectivity index (χ3v) is 6.02. The second-order valence-corrected chi connectivity index (χ2v) is 7.89. The molecule has 1 unspecified atom stereocenters. The van der Waals surface area contributed by atoms with Gasteiger partial charge in [-0.25, -0.2) is 4.98 Å². The summed E-state index contributed by atoms with van der Waals surface area (Å²) >= 11 is 1.27. The van der Waals surface area contributed by atoms with Crippen molar-refractivity contribution in [3.05, 3.63) is 56.7 Å². The molecule has 0 saturated heterocycles. The summed E-state index contributed by atoms with van der Waals surface area (Å²) in [7, 11) is 1.66. The molecule has 134 valence electrons. The minimum Gasteiger partial charge on any atom is -0.343 e. The zero-order valence-electron chi connectivity index (χ0n) is 14.9. The van der Waals surface area contributed by atoms with E-state index in [4.69, 9.17) is 0 Å².